The number of imidazole rings is 1. The minimum Gasteiger partial charge on any atom is -0.243 e. The number of nitrogens with one attached hydrogen (secondary N) is 1. The van der Waals surface area contributed by atoms with Crippen molar-refractivity contribution in [3.8, 4) is 11.4 Å². The molecule has 1 aromatic carbocycles. The predicted octanol–water partition coefficient (Wildman–Crippen LogP) is 2.12. The van der Waals surface area contributed by atoms with Crippen LogP contribution in [0, 0.1) is 13.8 Å². The first kappa shape index (κ1) is 9.00. The zero-order valence-electron chi connectivity index (χ0n) is 8.83. The van der Waals surface area contributed by atoms with Crippen molar-refractivity contribution >= 4 is 0 Å². The van der Waals surface area contributed by atoms with Gasteiger partial charge in [0.25, 0.3) is 5.82 Å². The number of aromatic amines is 1. The number of nitrogens with zero attached hydrogens (tertiary/aromatic N) is 1. The second-order valence-electron chi connectivity index (χ2n) is 3.74. The van der Waals surface area contributed by atoms with Crippen LogP contribution in [-0.4, -0.2) is 4.98 Å². The van der Waals surface area contributed by atoms with Crippen molar-refractivity contribution in [2.75, 3.05) is 0 Å². The first-order valence-electron chi connectivity index (χ1n) is 4.79. The standard InChI is InChI=1S/C12H14N2/c1-9-4-5-10(2)11(8-9)12-13-6-7-14(12)3/h4-8H,1-3H3/p+1. The molecule has 0 aliphatic carbocycles. The average Bonchev–Trinajstić information content (AvgIpc) is 2.56. The molecule has 72 valence electrons. The van der Waals surface area contributed by atoms with Crippen molar-refractivity contribution < 1.29 is 4.57 Å². The maximum atomic E-state index is 3.25. The first-order valence-corrected chi connectivity index (χ1v) is 4.79. The summed E-state index contributed by atoms with van der Waals surface area (Å²) < 4.78 is 2.10. The summed E-state index contributed by atoms with van der Waals surface area (Å²) in [4.78, 5) is 3.25. The van der Waals surface area contributed by atoms with Gasteiger partial charge in [-0.2, -0.15) is 0 Å². The Morgan fingerprint density at radius 3 is 2.64 bits per heavy atom. The lowest BCUT2D eigenvalue weighted by Gasteiger charge is -2.02. The molecule has 0 aliphatic rings. The summed E-state index contributed by atoms with van der Waals surface area (Å²) in [5, 5.41) is 0. The number of H-pyrrole nitrogens is 1. The minimum absolute atomic E-state index is 1.16. The lowest BCUT2D eigenvalue weighted by molar-refractivity contribution is -0.658. The number of benzene rings is 1. The number of aromatic nitrogens is 2. The van der Waals surface area contributed by atoms with Crippen LogP contribution in [0.15, 0.2) is 30.6 Å². The Hall–Kier alpha value is -1.57. The van der Waals surface area contributed by atoms with E-state index < -0.39 is 0 Å². The Kier molecular flexibility index (Phi) is 2.12. The van der Waals surface area contributed by atoms with Gasteiger partial charge in [0.1, 0.15) is 12.4 Å². The highest BCUT2D eigenvalue weighted by Gasteiger charge is 2.12. The third-order valence-corrected chi connectivity index (χ3v) is 2.52. The molecule has 2 rings (SSSR count). The Morgan fingerprint density at radius 2 is 2.00 bits per heavy atom. The van der Waals surface area contributed by atoms with E-state index >= 15 is 0 Å². The zero-order chi connectivity index (χ0) is 10.1. The summed E-state index contributed by atoms with van der Waals surface area (Å²) in [5.74, 6) is 1.16. The van der Waals surface area contributed by atoms with E-state index in [1.807, 2.05) is 19.4 Å². The second-order valence-corrected chi connectivity index (χ2v) is 3.74. The van der Waals surface area contributed by atoms with Gasteiger partial charge in [0.2, 0.25) is 0 Å². The average molecular weight is 187 g/mol. The SMILES string of the molecule is Cc1ccc(C)c(-c2[nH]cc[n+]2C)c1. The molecule has 2 heteroatoms. The highest BCUT2D eigenvalue weighted by Crippen LogP contribution is 2.19. The van der Waals surface area contributed by atoms with Crippen LogP contribution in [0.1, 0.15) is 11.1 Å². The van der Waals surface area contributed by atoms with Gasteiger partial charge in [0.15, 0.2) is 0 Å². The predicted molar refractivity (Wildman–Crippen MR) is 56.9 cm³/mol. The first-order chi connectivity index (χ1) is 6.68. The van der Waals surface area contributed by atoms with E-state index in [1.165, 1.54) is 16.7 Å². The Bertz CT molecular complexity index is 455. The summed E-state index contributed by atoms with van der Waals surface area (Å²) in [6, 6.07) is 6.51. The third-order valence-electron chi connectivity index (χ3n) is 2.52. The van der Waals surface area contributed by atoms with Crippen LogP contribution < -0.4 is 4.57 Å². The molecule has 0 bridgehead atoms. The van der Waals surface area contributed by atoms with Crippen LogP contribution in [0.25, 0.3) is 11.4 Å². The number of hydrogen-bond donors (Lipinski definition) is 1. The molecule has 0 aliphatic heterocycles. The van der Waals surface area contributed by atoms with E-state index in [0.717, 1.165) is 5.82 Å². The molecule has 1 aromatic heterocycles. The molecule has 2 nitrogen and oxygen atoms in total. The Morgan fingerprint density at radius 1 is 1.21 bits per heavy atom. The van der Waals surface area contributed by atoms with Crippen molar-refractivity contribution in [1.82, 2.24) is 4.98 Å². The van der Waals surface area contributed by atoms with E-state index in [-0.39, 0.29) is 0 Å². The monoisotopic (exact) mass is 187 g/mol. The molecule has 0 amide bonds. The normalized spacial score (nSPS) is 10.5. The molecule has 0 fully saturated rings. The lowest BCUT2D eigenvalue weighted by atomic mass is 10.1. The molecule has 1 heterocycles. The van der Waals surface area contributed by atoms with Crippen LogP contribution in [0.2, 0.25) is 0 Å². The van der Waals surface area contributed by atoms with Crippen LogP contribution in [-0.2, 0) is 7.05 Å². The molecule has 0 radical (unpaired) electrons. The number of rotatable bonds is 1. The van der Waals surface area contributed by atoms with Crippen molar-refractivity contribution in [3.05, 3.63) is 41.7 Å². The number of hydrogen-bond acceptors (Lipinski definition) is 0. The molecule has 14 heavy (non-hydrogen) atoms. The fraction of sp³-hybridized carbons (Fsp3) is 0.250. The van der Waals surface area contributed by atoms with Crippen molar-refractivity contribution in [1.29, 1.82) is 0 Å². The molecule has 0 saturated carbocycles. The summed E-state index contributed by atoms with van der Waals surface area (Å²) in [6.45, 7) is 4.25. The van der Waals surface area contributed by atoms with Crippen molar-refractivity contribution in [3.63, 3.8) is 0 Å². The Labute approximate surface area is 84.2 Å². The minimum atomic E-state index is 1.16. The second kappa shape index (κ2) is 3.29. The van der Waals surface area contributed by atoms with Gasteiger partial charge in [-0.1, -0.05) is 17.7 Å². The van der Waals surface area contributed by atoms with E-state index in [1.54, 1.807) is 0 Å². The molecule has 0 atom stereocenters. The van der Waals surface area contributed by atoms with Crippen LogP contribution >= 0.6 is 0 Å². The quantitative estimate of drug-likeness (QED) is 0.660. The smallest absolute Gasteiger partial charge is 0.243 e. The molecule has 0 saturated heterocycles. The lowest BCUT2D eigenvalue weighted by Crippen LogP contribution is -2.27. The topological polar surface area (TPSA) is 19.7 Å². The maximum absolute atomic E-state index is 3.25. The van der Waals surface area contributed by atoms with Crippen LogP contribution in [0.3, 0.4) is 0 Å². The largest absolute Gasteiger partial charge is 0.286 e. The Balaban J connectivity index is 2.62. The van der Waals surface area contributed by atoms with Crippen molar-refractivity contribution in [2.24, 2.45) is 7.05 Å². The van der Waals surface area contributed by atoms with E-state index in [0.29, 0.717) is 0 Å². The van der Waals surface area contributed by atoms with Crippen LogP contribution in [0.5, 0.6) is 0 Å². The molecular weight excluding hydrogens is 172 g/mol. The number of aryl methyl sites for hydroxylation is 3. The van der Waals surface area contributed by atoms with Gasteiger partial charge in [-0.15, -0.1) is 0 Å². The van der Waals surface area contributed by atoms with Crippen molar-refractivity contribution in [2.45, 2.75) is 13.8 Å². The van der Waals surface area contributed by atoms with Gasteiger partial charge in [0.05, 0.1) is 12.6 Å². The summed E-state index contributed by atoms with van der Waals surface area (Å²) in [6.07, 6.45) is 3.98. The molecule has 2 aromatic rings. The zero-order valence-corrected chi connectivity index (χ0v) is 8.83. The third kappa shape index (κ3) is 1.43. The molecule has 1 N–H and O–H groups in total. The fourth-order valence-electron chi connectivity index (χ4n) is 1.66. The van der Waals surface area contributed by atoms with Crippen LogP contribution in [0.4, 0.5) is 0 Å². The molecule has 0 unspecified atom stereocenters. The maximum Gasteiger partial charge on any atom is 0.286 e. The van der Waals surface area contributed by atoms with Gasteiger partial charge in [0, 0.05) is 0 Å². The van der Waals surface area contributed by atoms with E-state index in [9.17, 15) is 0 Å². The summed E-state index contributed by atoms with van der Waals surface area (Å²) in [7, 11) is 2.05. The highest BCUT2D eigenvalue weighted by atomic mass is 15.0. The molecule has 0 spiro atoms. The molecular formula is C12H15N2+. The van der Waals surface area contributed by atoms with Gasteiger partial charge < -0.3 is 0 Å². The van der Waals surface area contributed by atoms with E-state index in [2.05, 4.69) is 41.6 Å². The summed E-state index contributed by atoms with van der Waals surface area (Å²) in [5.41, 5.74) is 3.87. The fourth-order valence-corrected chi connectivity index (χ4v) is 1.66. The van der Waals surface area contributed by atoms with Gasteiger partial charge in [-0.3, -0.25) is 0 Å². The van der Waals surface area contributed by atoms with Gasteiger partial charge >= 0.3 is 0 Å². The van der Waals surface area contributed by atoms with Gasteiger partial charge in [-0.25, -0.2) is 9.55 Å². The summed E-state index contributed by atoms with van der Waals surface area (Å²) >= 11 is 0. The van der Waals surface area contributed by atoms with E-state index in [4.69, 9.17) is 0 Å². The van der Waals surface area contributed by atoms with Gasteiger partial charge in [-0.05, 0) is 25.5 Å². The highest BCUT2D eigenvalue weighted by molar-refractivity contribution is 5.58.